The maximum absolute atomic E-state index is 13.2. The molecule has 0 bridgehead atoms. The van der Waals surface area contributed by atoms with Gasteiger partial charge in [0.05, 0.1) is 5.56 Å². The first-order chi connectivity index (χ1) is 18.7. The molecule has 1 aliphatic carbocycles. The zero-order valence-corrected chi connectivity index (χ0v) is 21.7. The Hall–Kier alpha value is -3.99. The lowest BCUT2D eigenvalue weighted by molar-refractivity contribution is -0.137. The number of halogens is 3. The molecule has 7 nitrogen and oxygen atoms in total. The van der Waals surface area contributed by atoms with E-state index in [4.69, 9.17) is 4.98 Å². The summed E-state index contributed by atoms with van der Waals surface area (Å²) >= 11 is 1.61. The number of fused-ring (bicyclic) bond motifs is 2. The predicted molar refractivity (Wildman–Crippen MR) is 144 cm³/mol. The van der Waals surface area contributed by atoms with Crippen LogP contribution >= 0.6 is 11.3 Å². The third kappa shape index (κ3) is 4.82. The molecule has 5 aromatic rings. The molecule has 0 spiro atoms. The molecule has 3 aromatic heterocycles. The lowest BCUT2D eigenvalue weighted by Gasteiger charge is -2.32. The number of carbonyl (C=O) groups is 1. The van der Waals surface area contributed by atoms with Crippen LogP contribution in [0.4, 0.5) is 19.0 Å². The molecule has 1 aliphatic rings. The second-order valence-corrected chi connectivity index (χ2v) is 10.8. The van der Waals surface area contributed by atoms with Crippen LogP contribution in [0.3, 0.4) is 0 Å². The van der Waals surface area contributed by atoms with Gasteiger partial charge in [-0.1, -0.05) is 18.6 Å². The molecule has 0 saturated heterocycles. The Bertz CT molecular complexity index is 1690. The third-order valence-electron chi connectivity index (χ3n) is 7.35. The number of alkyl halides is 3. The molecule has 1 atom stereocenters. The second kappa shape index (κ2) is 9.64. The summed E-state index contributed by atoms with van der Waals surface area (Å²) < 4.78 is 42.5. The number of nitrogens with one attached hydrogen (secondary N) is 1. The molecule has 0 radical (unpaired) electrons. The highest BCUT2D eigenvalue weighted by Gasteiger charge is 2.30. The highest BCUT2D eigenvalue weighted by molar-refractivity contribution is 7.17. The summed E-state index contributed by atoms with van der Waals surface area (Å²) in [5.74, 6) is -0.331. The normalized spacial score (nSPS) is 15.0. The minimum atomic E-state index is -4.43. The quantitative estimate of drug-likeness (QED) is 0.225. The van der Waals surface area contributed by atoms with Crippen molar-refractivity contribution < 1.29 is 23.1 Å². The Labute approximate surface area is 225 Å². The fourth-order valence-corrected chi connectivity index (χ4v) is 5.74. The van der Waals surface area contributed by atoms with Crippen LogP contribution in [0, 0.1) is 5.92 Å². The molecule has 6 rings (SSSR count). The highest BCUT2D eigenvalue weighted by atomic mass is 32.1. The van der Waals surface area contributed by atoms with Gasteiger partial charge < -0.3 is 15.0 Å². The van der Waals surface area contributed by atoms with Crippen LogP contribution in [0.2, 0.25) is 0 Å². The maximum Gasteiger partial charge on any atom is 0.416 e. The number of hydrogen-bond acceptors (Lipinski definition) is 6. The lowest BCUT2D eigenvalue weighted by Crippen LogP contribution is -2.31. The summed E-state index contributed by atoms with van der Waals surface area (Å²) in [5, 5.41) is 16.1. The smallest absolute Gasteiger partial charge is 0.416 e. The number of aromatic nitrogens is 4. The standard InChI is InChI=1S/C28H24F3N5O2S/c1-15(17-3-2-4-17)32-23-22-24(34-25(33-23)27(37)38)35-26(19-7-10-21-18(13-19)11-12-39-21)36(22)14-16-5-8-20(9-6-16)28(29,30)31/h5-13,15,17H,2-4,14H2,1H3,(H,37,38)(H,32,33,34). The molecule has 200 valence electrons. The molecule has 2 N–H and O–H groups in total. The number of imidazole rings is 1. The topological polar surface area (TPSA) is 92.9 Å². The first-order valence-corrected chi connectivity index (χ1v) is 13.5. The first kappa shape index (κ1) is 25.3. The van der Waals surface area contributed by atoms with Gasteiger partial charge in [0.2, 0.25) is 5.82 Å². The van der Waals surface area contributed by atoms with Crippen LogP contribution in [0.25, 0.3) is 32.6 Å². The van der Waals surface area contributed by atoms with Gasteiger partial charge in [-0.3, -0.25) is 0 Å². The van der Waals surface area contributed by atoms with Crippen molar-refractivity contribution in [3.8, 4) is 11.4 Å². The molecule has 0 amide bonds. The molecule has 1 fully saturated rings. The summed E-state index contributed by atoms with van der Waals surface area (Å²) in [6.45, 7) is 2.23. The molecular weight excluding hydrogens is 527 g/mol. The fourth-order valence-electron chi connectivity index (χ4n) is 4.97. The summed E-state index contributed by atoms with van der Waals surface area (Å²) in [5.41, 5.74) is 1.39. The van der Waals surface area contributed by atoms with Gasteiger partial charge in [0.25, 0.3) is 0 Å². The van der Waals surface area contributed by atoms with E-state index in [1.807, 2.05) is 41.1 Å². The Morgan fingerprint density at radius 2 is 1.90 bits per heavy atom. The molecule has 1 saturated carbocycles. The molecule has 0 aliphatic heterocycles. The van der Waals surface area contributed by atoms with E-state index < -0.39 is 17.7 Å². The third-order valence-corrected chi connectivity index (χ3v) is 8.25. The summed E-state index contributed by atoms with van der Waals surface area (Å²) in [4.78, 5) is 25.2. The number of nitrogens with zero attached hydrogens (tertiary/aromatic N) is 4. The van der Waals surface area contributed by atoms with Crippen molar-refractivity contribution in [3.05, 3.63) is 70.9 Å². The number of rotatable bonds is 7. The van der Waals surface area contributed by atoms with E-state index in [0.29, 0.717) is 28.6 Å². The molecule has 2 aromatic carbocycles. The van der Waals surface area contributed by atoms with Crippen molar-refractivity contribution in [2.75, 3.05) is 5.32 Å². The number of carboxylic acids is 1. The van der Waals surface area contributed by atoms with E-state index in [2.05, 4.69) is 15.3 Å². The van der Waals surface area contributed by atoms with E-state index >= 15 is 0 Å². The lowest BCUT2D eigenvalue weighted by atomic mass is 9.80. The van der Waals surface area contributed by atoms with E-state index in [1.165, 1.54) is 12.1 Å². The average Bonchev–Trinajstić information content (AvgIpc) is 3.47. The highest BCUT2D eigenvalue weighted by Crippen LogP contribution is 2.35. The second-order valence-electron chi connectivity index (χ2n) is 9.89. The van der Waals surface area contributed by atoms with Gasteiger partial charge >= 0.3 is 12.1 Å². The molecule has 1 unspecified atom stereocenters. The monoisotopic (exact) mass is 551 g/mol. The van der Waals surface area contributed by atoms with E-state index in [1.54, 1.807) is 11.3 Å². The minimum absolute atomic E-state index is 0.0403. The van der Waals surface area contributed by atoms with Gasteiger partial charge in [0.15, 0.2) is 11.5 Å². The van der Waals surface area contributed by atoms with Crippen LogP contribution in [0.1, 0.15) is 47.9 Å². The van der Waals surface area contributed by atoms with Crippen molar-refractivity contribution in [3.63, 3.8) is 0 Å². The number of carboxylic acid groups (broad SMARTS) is 1. The van der Waals surface area contributed by atoms with Gasteiger partial charge in [0, 0.05) is 22.8 Å². The van der Waals surface area contributed by atoms with Gasteiger partial charge in [-0.15, -0.1) is 11.3 Å². The SMILES string of the molecule is CC(Nc1nc(C(=O)O)nc2nc(-c3ccc4sccc4c3)n(Cc3ccc(C(F)(F)F)cc3)c12)C1CCC1. The van der Waals surface area contributed by atoms with Crippen LogP contribution in [-0.2, 0) is 12.7 Å². The predicted octanol–water partition coefficient (Wildman–Crippen LogP) is 7.07. The molecule has 39 heavy (non-hydrogen) atoms. The van der Waals surface area contributed by atoms with Gasteiger partial charge in [-0.25, -0.2) is 19.7 Å². The summed E-state index contributed by atoms with van der Waals surface area (Å²) in [6.07, 6.45) is -1.13. The van der Waals surface area contributed by atoms with Gasteiger partial charge in [-0.2, -0.15) is 13.2 Å². The van der Waals surface area contributed by atoms with Crippen molar-refractivity contribution in [2.24, 2.45) is 5.92 Å². The summed E-state index contributed by atoms with van der Waals surface area (Å²) in [7, 11) is 0. The summed E-state index contributed by atoms with van der Waals surface area (Å²) in [6, 6.07) is 13.0. The van der Waals surface area contributed by atoms with Crippen molar-refractivity contribution in [2.45, 2.75) is 44.9 Å². The molecule has 3 heterocycles. The average molecular weight is 552 g/mol. The fraction of sp³-hybridized carbons (Fsp3) is 0.286. The first-order valence-electron chi connectivity index (χ1n) is 12.6. The molecular formula is C28H24F3N5O2S. The van der Waals surface area contributed by atoms with Crippen molar-refractivity contribution in [1.82, 2.24) is 19.5 Å². The Kier molecular flexibility index (Phi) is 6.25. The van der Waals surface area contributed by atoms with Crippen molar-refractivity contribution in [1.29, 1.82) is 0 Å². The maximum atomic E-state index is 13.2. The minimum Gasteiger partial charge on any atom is -0.475 e. The van der Waals surface area contributed by atoms with E-state index in [-0.39, 0.29) is 24.1 Å². The van der Waals surface area contributed by atoms with E-state index in [9.17, 15) is 23.1 Å². The number of benzene rings is 2. The van der Waals surface area contributed by atoms with Crippen LogP contribution < -0.4 is 5.32 Å². The van der Waals surface area contributed by atoms with Gasteiger partial charge in [-0.05, 0) is 78.4 Å². The number of hydrogen-bond donors (Lipinski definition) is 2. The van der Waals surface area contributed by atoms with Crippen LogP contribution in [0.5, 0.6) is 0 Å². The Morgan fingerprint density at radius 3 is 2.56 bits per heavy atom. The zero-order chi connectivity index (χ0) is 27.3. The zero-order valence-electron chi connectivity index (χ0n) is 20.9. The molecule has 11 heteroatoms. The number of aromatic carboxylic acids is 1. The Balaban J connectivity index is 1.53. The van der Waals surface area contributed by atoms with Gasteiger partial charge in [0.1, 0.15) is 11.3 Å². The largest absolute Gasteiger partial charge is 0.475 e. The number of anilines is 1. The van der Waals surface area contributed by atoms with E-state index in [0.717, 1.165) is 47.0 Å². The number of thiophene rings is 1. The Morgan fingerprint density at radius 1 is 1.13 bits per heavy atom. The van der Waals surface area contributed by atoms with Crippen LogP contribution in [0.15, 0.2) is 53.9 Å². The van der Waals surface area contributed by atoms with Crippen LogP contribution in [-0.4, -0.2) is 36.6 Å². The van der Waals surface area contributed by atoms with Crippen molar-refractivity contribution >= 4 is 44.4 Å².